The first kappa shape index (κ1) is 15.9. The molecule has 0 spiro atoms. The smallest absolute Gasteiger partial charge is 0.227 e. The first-order chi connectivity index (χ1) is 12.0. The molecule has 1 aliphatic rings. The molecule has 3 aromatic rings. The maximum atomic E-state index is 12.9. The molecule has 1 amide bonds. The summed E-state index contributed by atoms with van der Waals surface area (Å²) in [5, 5.41) is 5.02. The Kier molecular flexibility index (Phi) is 3.82. The first-order valence-corrected chi connectivity index (χ1v) is 8.60. The molecule has 0 radical (unpaired) electrons. The summed E-state index contributed by atoms with van der Waals surface area (Å²) in [6.07, 6.45) is 3.84. The lowest BCUT2D eigenvalue weighted by molar-refractivity contribution is -0.131. The fraction of sp³-hybridized carbons (Fsp3) is 0.421. The van der Waals surface area contributed by atoms with Crippen LogP contribution in [-0.2, 0) is 11.2 Å². The lowest BCUT2D eigenvalue weighted by atomic mass is 10.0. The molecule has 0 aliphatic carbocycles. The molecule has 1 saturated heterocycles. The Hall–Kier alpha value is -2.63. The summed E-state index contributed by atoms with van der Waals surface area (Å²) in [5.74, 6) is 1.21. The number of likely N-dealkylation sites (tertiary alicyclic amines) is 1. The minimum Gasteiger partial charge on any atom is -0.464 e. The lowest BCUT2D eigenvalue weighted by Crippen LogP contribution is -2.32. The molecule has 1 atom stereocenters. The third-order valence-corrected chi connectivity index (χ3v) is 5.03. The molecule has 25 heavy (non-hydrogen) atoms. The SMILES string of the molecule is Cc1nc([C@H]2CCCN2C(=O)Cc2coc3cc(C)c(C)cc23)no1. The van der Waals surface area contributed by atoms with Crippen LogP contribution in [0, 0.1) is 20.8 Å². The number of aryl methyl sites for hydroxylation is 3. The minimum atomic E-state index is -0.0907. The summed E-state index contributed by atoms with van der Waals surface area (Å²) >= 11 is 0. The van der Waals surface area contributed by atoms with Gasteiger partial charge in [0.15, 0.2) is 5.82 Å². The van der Waals surface area contributed by atoms with Crippen molar-refractivity contribution < 1.29 is 13.7 Å². The quantitative estimate of drug-likeness (QED) is 0.728. The van der Waals surface area contributed by atoms with Gasteiger partial charge in [0, 0.05) is 24.4 Å². The van der Waals surface area contributed by atoms with Crippen molar-refractivity contribution in [1.29, 1.82) is 0 Å². The predicted octanol–water partition coefficient (Wildman–Crippen LogP) is 3.65. The summed E-state index contributed by atoms with van der Waals surface area (Å²) in [6, 6.07) is 4.03. The first-order valence-electron chi connectivity index (χ1n) is 8.60. The van der Waals surface area contributed by atoms with Crippen LogP contribution >= 0.6 is 0 Å². The van der Waals surface area contributed by atoms with Crippen molar-refractivity contribution in [3.8, 4) is 0 Å². The minimum absolute atomic E-state index is 0.0749. The molecule has 1 aliphatic heterocycles. The topological polar surface area (TPSA) is 72.4 Å². The van der Waals surface area contributed by atoms with Crippen molar-refractivity contribution in [3.05, 3.63) is 46.8 Å². The Morgan fingerprint density at radius 1 is 1.28 bits per heavy atom. The van der Waals surface area contributed by atoms with E-state index in [-0.39, 0.29) is 11.9 Å². The standard InChI is InChI=1S/C19H21N3O3/c1-11-7-15-14(10-24-17(15)8-12(11)2)9-18(23)22-6-4-5-16(22)19-20-13(3)25-21-19/h7-8,10,16H,4-6,9H2,1-3H3/t16-/m1/s1. The monoisotopic (exact) mass is 339 g/mol. The molecular formula is C19H21N3O3. The average Bonchev–Trinajstić information content (AvgIpc) is 3.29. The van der Waals surface area contributed by atoms with Crippen LogP contribution in [0.3, 0.4) is 0 Å². The number of carbonyl (C=O) groups excluding carboxylic acids is 1. The van der Waals surface area contributed by atoms with E-state index >= 15 is 0 Å². The maximum Gasteiger partial charge on any atom is 0.227 e. The van der Waals surface area contributed by atoms with E-state index in [0.29, 0.717) is 18.1 Å². The second-order valence-corrected chi connectivity index (χ2v) is 6.79. The second-order valence-electron chi connectivity index (χ2n) is 6.79. The van der Waals surface area contributed by atoms with Crippen LogP contribution in [0.1, 0.15) is 47.3 Å². The van der Waals surface area contributed by atoms with E-state index in [2.05, 4.69) is 30.1 Å². The number of benzene rings is 1. The van der Waals surface area contributed by atoms with Crippen LogP contribution < -0.4 is 0 Å². The largest absolute Gasteiger partial charge is 0.464 e. The van der Waals surface area contributed by atoms with Gasteiger partial charge >= 0.3 is 0 Å². The molecule has 0 saturated carbocycles. The van der Waals surface area contributed by atoms with Crippen LogP contribution in [0.15, 0.2) is 27.3 Å². The summed E-state index contributed by atoms with van der Waals surface area (Å²) in [6.45, 7) is 6.62. The molecule has 1 fully saturated rings. The zero-order valence-electron chi connectivity index (χ0n) is 14.7. The van der Waals surface area contributed by atoms with Gasteiger partial charge in [-0.2, -0.15) is 4.98 Å². The molecule has 2 aromatic heterocycles. The van der Waals surface area contributed by atoms with E-state index in [1.54, 1.807) is 13.2 Å². The van der Waals surface area contributed by atoms with E-state index in [9.17, 15) is 4.79 Å². The van der Waals surface area contributed by atoms with Gasteiger partial charge in [0.05, 0.1) is 18.7 Å². The van der Waals surface area contributed by atoms with Gasteiger partial charge in [0.25, 0.3) is 0 Å². The summed E-state index contributed by atoms with van der Waals surface area (Å²) in [4.78, 5) is 19.1. The van der Waals surface area contributed by atoms with E-state index in [4.69, 9.17) is 8.94 Å². The highest BCUT2D eigenvalue weighted by atomic mass is 16.5. The maximum absolute atomic E-state index is 12.9. The van der Waals surface area contributed by atoms with E-state index in [1.807, 2.05) is 11.0 Å². The highest BCUT2D eigenvalue weighted by molar-refractivity contribution is 5.88. The van der Waals surface area contributed by atoms with E-state index in [0.717, 1.165) is 35.9 Å². The number of carbonyl (C=O) groups is 1. The number of nitrogens with zero attached hydrogens (tertiary/aromatic N) is 3. The number of hydrogen-bond acceptors (Lipinski definition) is 5. The fourth-order valence-corrected chi connectivity index (χ4v) is 3.52. The van der Waals surface area contributed by atoms with Crippen LogP contribution in [0.25, 0.3) is 11.0 Å². The summed E-state index contributed by atoms with van der Waals surface area (Å²) in [7, 11) is 0. The third kappa shape index (κ3) is 2.81. The molecule has 130 valence electrons. The van der Waals surface area contributed by atoms with E-state index < -0.39 is 0 Å². The molecule has 0 bridgehead atoms. The van der Waals surface area contributed by atoms with Gasteiger partial charge in [0.2, 0.25) is 11.8 Å². The molecule has 3 heterocycles. The number of rotatable bonds is 3. The van der Waals surface area contributed by atoms with Gasteiger partial charge in [0.1, 0.15) is 5.58 Å². The molecular weight excluding hydrogens is 318 g/mol. The van der Waals surface area contributed by atoms with Crippen molar-refractivity contribution in [2.45, 2.75) is 46.1 Å². The van der Waals surface area contributed by atoms with Crippen LogP contribution in [0.4, 0.5) is 0 Å². The van der Waals surface area contributed by atoms with Gasteiger partial charge in [-0.15, -0.1) is 0 Å². The Balaban J connectivity index is 1.58. The zero-order chi connectivity index (χ0) is 17.6. The fourth-order valence-electron chi connectivity index (χ4n) is 3.52. The summed E-state index contributed by atoms with van der Waals surface area (Å²) in [5.41, 5.74) is 4.14. The molecule has 0 N–H and O–H groups in total. The van der Waals surface area contributed by atoms with Gasteiger partial charge < -0.3 is 13.8 Å². The Bertz CT molecular complexity index is 941. The third-order valence-electron chi connectivity index (χ3n) is 5.03. The molecule has 6 nitrogen and oxygen atoms in total. The van der Waals surface area contributed by atoms with Crippen molar-refractivity contribution in [2.75, 3.05) is 6.54 Å². The zero-order valence-corrected chi connectivity index (χ0v) is 14.7. The molecule has 0 unspecified atom stereocenters. The Morgan fingerprint density at radius 3 is 2.84 bits per heavy atom. The lowest BCUT2D eigenvalue weighted by Gasteiger charge is -2.22. The van der Waals surface area contributed by atoms with Gasteiger partial charge in [-0.1, -0.05) is 5.16 Å². The Labute approximate surface area is 145 Å². The van der Waals surface area contributed by atoms with Crippen LogP contribution in [0.5, 0.6) is 0 Å². The van der Waals surface area contributed by atoms with E-state index in [1.165, 1.54) is 11.1 Å². The molecule has 1 aromatic carbocycles. The number of hydrogen-bond donors (Lipinski definition) is 0. The number of fused-ring (bicyclic) bond motifs is 1. The van der Waals surface area contributed by atoms with Crippen molar-refractivity contribution in [3.63, 3.8) is 0 Å². The van der Waals surface area contributed by atoms with Crippen LogP contribution in [-0.4, -0.2) is 27.5 Å². The highest BCUT2D eigenvalue weighted by Gasteiger charge is 2.33. The average molecular weight is 339 g/mol. The molecule has 6 heteroatoms. The number of aromatic nitrogens is 2. The van der Waals surface area contributed by atoms with Gasteiger partial charge in [-0.05, 0) is 49.9 Å². The van der Waals surface area contributed by atoms with Crippen molar-refractivity contribution in [2.24, 2.45) is 0 Å². The predicted molar refractivity (Wildman–Crippen MR) is 92.1 cm³/mol. The number of furan rings is 1. The Morgan fingerprint density at radius 2 is 2.08 bits per heavy atom. The highest BCUT2D eigenvalue weighted by Crippen LogP contribution is 2.32. The van der Waals surface area contributed by atoms with Crippen molar-refractivity contribution >= 4 is 16.9 Å². The van der Waals surface area contributed by atoms with Crippen molar-refractivity contribution in [1.82, 2.24) is 15.0 Å². The normalized spacial score (nSPS) is 17.6. The number of amides is 1. The van der Waals surface area contributed by atoms with Gasteiger partial charge in [-0.25, -0.2) is 0 Å². The van der Waals surface area contributed by atoms with Gasteiger partial charge in [-0.3, -0.25) is 4.79 Å². The second kappa shape index (κ2) is 6.02. The molecule has 4 rings (SSSR count). The summed E-state index contributed by atoms with van der Waals surface area (Å²) < 4.78 is 10.7. The van der Waals surface area contributed by atoms with Crippen LogP contribution in [0.2, 0.25) is 0 Å².